The second-order valence-electron chi connectivity index (χ2n) is 21.0. The van der Waals surface area contributed by atoms with E-state index in [2.05, 4.69) is 62.0 Å². The predicted molar refractivity (Wildman–Crippen MR) is 294 cm³/mol. The third kappa shape index (κ3) is 13.5. The first kappa shape index (κ1) is 55.7. The lowest BCUT2D eigenvalue weighted by molar-refractivity contribution is -0.258. The predicted octanol–water partition coefficient (Wildman–Crippen LogP) is 13.6. The molecule has 8 rings (SSSR count). The maximum atomic E-state index is 15.6. The number of allylic oxidation sites excluding steroid dienone is 1. The van der Waals surface area contributed by atoms with Gasteiger partial charge in [-0.2, -0.15) is 0 Å². The molecule has 7 unspecified atom stereocenters. The number of oxime groups is 1. The highest BCUT2D eigenvalue weighted by Gasteiger charge is 2.65. The second-order valence-corrected chi connectivity index (χ2v) is 21.0. The summed E-state index contributed by atoms with van der Waals surface area (Å²) in [5, 5.41) is 27.6. The Bertz CT molecular complexity index is 2550. The van der Waals surface area contributed by atoms with E-state index in [1.165, 1.54) is 45.6 Å². The summed E-state index contributed by atoms with van der Waals surface area (Å²) >= 11 is 0. The summed E-state index contributed by atoms with van der Waals surface area (Å²) in [6.07, 6.45) is 22.5. The number of rotatable bonds is 30. The number of aldehydes is 1. The first-order valence-electron chi connectivity index (χ1n) is 28.3. The topological polar surface area (TPSA) is 146 Å². The highest BCUT2D eigenvalue weighted by Crippen LogP contribution is 2.62. The van der Waals surface area contributed by atoms with Gasteiger partial charge in [0, 0.05) is 50.5 Å². The summed E-state index contributed by atoms with van der Waals surface area (Å²) in [5.41, 5.74) is 4.03. The number of aliphatic hydroxyl groups excluding tert-OH is 2. The molecule has 2 heterocycles. The van der Waals surface area contributed by atoms with Gasteiger partial charge in [-0.3, -0.25) is 9.59 Å². The van der Waals surface area contributed by atoms with Crippen LogP contribution in [0.4, 0.5) is 0 Å². The average Bonchev–Trinajstić information content (AvgIpc) is 3.47. The molecule has 0 radical (unpaired) electrons. The fourth-order valence-corrected chi connectivity index (χ4v) is 12.3. The number of carbonyl (C=O) groups excluding carboxylic acids is 2. The van der Waals surface area contributed by atoms with Gasteiger partial charge < -0.3 is 43.6 Å². The van der Waals surface area contributed by atoms with Gasteiger partial charge in [-0.05, 0) is 115 Å². The molecule has 1 saturated carbocycles. The standard InChI is InChI=1S/C63H82N2O10/c1-4-6-7-8-9-10-11-12-13-29-59(69)65(43-47-26-22-25-45-23-14-15-27-51(45)47)58-42-55(64-75-60-30-18-21-38-71-60)53-40-46(24-16-19-35-66)52(28-17-20-36-67)61-54-41-50(73-49-31-33-56(70-3)48(39-49)44-68)32-34-57(54)74-63(58,62(53)61)72-37-5-2/h5,14-15,22-23,25-27,31-34,39-41,44,46,52,58,60-62,66-67H,2,4,6-13,16-21,24,28-30,35-38,42-43H2,1,3H3. The molecule has 2 N–H and O–H groups in total. The third-order valence-corrected chi connectivity index (χ3v) is 16.0. The van der Waals surface area contributed by atoms with E-state index in [4.69, 9.17) is 33.7 Å². The summed E-state index contributed by atoms with van der Waals surface area (Å²) in [7, 11) is 1.53. The smallest absolute Gasteiger partial charge is 0.239 e. The molecule has 0 aromatic heterocycles. The van der Waals surface area contributed by atoms with Gasteiger partial charge in [0.1, 0.15) is 29.0 Å². The first-order chi connectivity index (χ1) is 36.9. The fourth-order valence-electron chi connectivity index (χ4n) is 12.3. The van der Waals surface area contributed by atoms with Crippen LogP contribution in [0.1, 0.15) is 163 Å². The van der Waals surface area contributed by atoms with Gasteiger partial charge in [-0.25, -0.2) is 0 Å². The zero-order valence-corrected chi connectivity index (χ0v) is 44.6. The maximum absolute atomic E-state index is 15.6. The first-order valence-corrected chi connectivity index (χ1v) is 28.3. The number of amides is 1. The number of aliphatic hydroxyl groups is 2. The van der Waals surface area contributed by atoms with Crippen LogP contribution in [0, 0.1) is 17.8 Å². The van der Waals surface area contributed by atoms with Crippen molar-refractivity contribution >= 4 is 28.7 Å². The van der Waals surface area contributed by atoms with E-state index in [0.29, 0.717) is 67.4 Å². The summed E-state index contributed by atoms with van der Waals surface area (Å²) in [6, 6.07) is 25.1. The Balaban J connectivity index is 1.29. The number of carbonyl (C=O) groups is 2. The van der Waals surface area contributed by atoms with Gasteiger partial charge in [0.2, 0.25) is 18.0 Å². The summed E-state index contributed by atoms with van der Waals surface area (Å²) < 4.78 is 33.1. The Morgan fingerprint density at radius 1 is 0.867 bits per heavy atom. The molecule has 12 nitrogen and oxygen atoms in total. The molecule has 2 aliphatic carbocycles. The molecule has 1 saturated heterocycles. The fraction of sp³-hybridized carbons (Fsp3) is 0.540. The van der Waals surface area contributed by atoms with Crippen LogP contribution in [-0.4, -0.2) is 84.7 Å². The van der Waals surface area contributed by atoms with Crippen molar-refractivity contribution in [2.45, 2.75) is 166 Å². The minimum Gasteiger partial charge on any atom is -0.496 e. The Morgan fingerprint density at radius 2 is 1.61 bits per heavy atom. The minimum atomic E-state index is -1.43. The molecule has 2 aliphatic heterocycles. The number of nitrogens with zero attached hydrogens (tertiary/aromatic N) is 2. The Labute approximate surface area is 445 Å². The van der Waals surface area contributed by atoms with Crippen LogP contribution in [0.5, 0.6) is 23.0 Å². The molecular formula is C63H82N2O10. The van der Waals surface area contributed by atoms with Crippen molar-refractivity contribution in [3.05, 3.63) is 120 Å². The molecule has 75 heavy (non-hydrogen) atoms. The molecule has 404 valence electrons. The monoisotopic (exact) mass is 1030 g/mol. The Kier molecular flexibility index (Phi) is 20.8. The maximum Gasteiger partial charge on any atom is 0.239 e. The van der Waals surface area contributed by atoms with Crippen LogP contribution < -0.4 is 14.2 Å². The van der Waals surface area contributed by atoms with E-state index in [-0.39, 0.29) is 43.5 Å². The molecule has 0 bridgehead atoms. The zero-order valence-electron chi connectivity index (χ0n) is 44.6. The summed E-state index contributed by atoms with van der Waals surface area (Å²) in [6.45, 7) is 7.65. The van der Waals surface area contributed by atoms with Crippen LogP contribution in [0.2, 0.25) is 0 Å². The number of hydrogen-bond donors (Lipinski definition) is 2. The molecule has 1 amide bonds. The Morgan fingerprint density at radius 3 is 2.36 bits per heavy atom. The number of unbranched alkanes of at least 4 members (excludes halogenated alkanes) is 10. The van der Waals surface area contributed by atoms with Crippen LogP contribution in [0.25, 0.3) is 10.8 Å². The van der Waals surface area contributed by atoms with Crippen LogP contribution >= 0.6 is 0 Å². The third-order valence-electron chi connectivity index (χ3n) is 16.0. The molecule has 4 aromatic rings. The number of hydrogen-bond acceptors (Lipinski definition) is 11. The van der Waals surface area contributed by atoms with Crippen molar-refractivity contribution in [3.8, 4) is 23.0 Å². The molecule has 12 heteroatoms. The largest absolute Gasteiger partial charge is 0.496 e. The normalized spacial score (nSPS) is 23.4. The van der Waals surface area contributed by atoms with Crippen LogP contribution in [-0.2, 0) is 25.7 Å². The zero-order chi connectivity index (χ0) is 52.4. The van der Waals surface area contributed by atoms with E-state index in [1.54, 1.807) is 24.3 Å². The molecule has 2 fully saturated rings. The van der Waals surface area contributed by atoms with Gasteiger partial charge >= 0.3 is 0 Å². The van der Waals surface area contributed by atoms with E-state index in [9.17, 15) is 15.0 Å². The molecule has 0 spiro atoms. The molecule has 4 aromatic carbocycles. The van der Waals surface area contributed by atoms with Crippen molar-refractivity contribution in [3.63, 3.8) is 0 Å². The van der Waals surface area contributed by atoms with Crippen LogP contribution in [0.15, 0.2) is 108 Å². The lowest BCUT2D eigenvalue weighted by atomic mass is 9.55. The van der Waals surface area contributed by atoms with E-state index >= 15 is 4.79 Å². The number of methoxy groups -OCH3 is 1. The molecular weight excluding hydrogens is 945 g/mol. The highest BCUT2D eigenvalue weighted by atomic mass is 16.8. The van der Waals surface area contributed by atoms with E-state index in [0.717, 1.165) is 104 Å². The number of fused-ring (bicyclic) bond motifs is 3. The molecule has 4 aliphatic rings. The minimum absolute atomic E-state index is 0.0167. The second kappa shape index (κ2) is 28.0. The van der Waals surface area contributed by atoms with Crippen molar-refractivity contribution in [2.24, 2.45) is 22.9 Å². The summed E-state index contributed by atoms with van der Waals surface area (Å²) in [4.78, 5) is 36.2. The lowest BCUT2D eigenvalue weighted by Gasteiger charge is -2.60. The van der Waals surface area contributed by atoms with Crippen molar-refractivity contribution < 1.29 is 48.3 Å². The summed E-state index contributed by atoms with van der Waals surface area (Å²) in [5.74, 6) is 0.0318. The van der Waals surface area contributed by atoms with E-state index in [1.807, 2.05) is 23.1 Å². The van der Waals surface area contributed by atoms with Crippen molar-refractivity contribution in [2.75, 3.05) is 33.5 Å². The van der Waals surface area contributed by atoms with E-state index < -0.39 is 24.0 Å². The lowest BCUT2D eigenvalue weighted by Crippen LogP contribution is -2.70. The SMILES string of the molecule is C=CCOC12Oc3ccc(Oc4ccc(OC)c(C=O)c4)cc3C3C(CCCCO)C(CCCCO)C=C(C(=NOC4CCCCO4)CC1N(Cc1cccc4ccccc14)C(=O)CCCCCCCCCCC)C32. The Hall–Kier alpha value is -5.53. The van der Waals surface area contributed by atoms with Gasteiger partial charge in [0.15, 0.2) is 6.29 Å². The van der Waals surface area contributed by atoms with Crippen molar-refractivity contribution in [1.82, 2.24) is 4.90 Å². The highest BCUT2D eigenvalue weighted by molar-refractivity contribution is 6.03. The number of ether oxygens (including phenoxy) is 5. The number of benzene rings is 4. The van der Waals surface area contributed by atoms with Crippen LogP contribution in [0.3, 0.4) is 0 Å². The van der Waals surface area contributed by atoms with Gasteiger partial charge in [-0.15, -0.1) is 6.58 Å². The van der Waals surface area contributed by atoms with Gasteiger partial charge in [0.25, 0.3) is 0 Å². The van der Waals surface area contributed by atoms with Crippen molar-refractivity contribution in [1.29, 1.82) is 0 Å². The van der Waals surface area contributed by atoms with Gasteiger partial charge in [-0.1, -0.05) is 131 Å². The van der Waals surface area contributed by atoms with Gasteiger partial charge in [0.05, 0.1) is 37.5 Å². The average molecular weight is 1030 g/mol. The molecule has 7 atom stereocenters. The quantitative estimate of drug-likeness (QED) is 0.0224.